The molecular weight excluding hydrogens is 795 g/mol. The Morgan fingerprint density at radius 1 is 0.298 bits per heavy atom. The van der Waals surface area contributed by atoms with E-state index >= 15 is 0 Å². The van der Waals surface area contributed by atoms with E-state index in [9.17, 15) is 9.13 Å². The molecule has 0 aliphatic rings. The number of rotatable bonds is 12. The van der Waals surface area contributed by atoms with Crippen molar-refractivity contribution in [1.29, 1.82) is 0 Å². The second kappa shape index (κ2) is 16.8. The third-order valence-electron chi connectivity index (χ3n) is 9.58. The largest absolute Gasteiger partial charge is 0.311 e. The summed E-state index contributed by atoms with van der Waals surface area (Å²) in [6.45, 7) is 0. The van der Waals surface area contributed by atoms with Crippen LogP contribution in [0.2, 0.25) is 0 Å². The Kier molecular flexibility index (Phi) is 10.8. The molecule has 0 aliphatic heterocycles. The topological polar surface area (TPSA) is 40.6 Å². The SMILES string of the molecule is O=Pc1c(-c2ccc(-c3ccc(N(c4ccccc4)c4ccccc4)cc3)s2)sc(-c2ccc(-c3ccc(N(c4ccccc4)c4ccccc4)cc3)s2)c1P=O. The summed E-state index contributed by atoms with van der Waals surface area (Å²) >= 11 is 4.86. The fourth-order valence-corrected chi connectivity index (χ4v) is 12.1. The van der Waals surface area contributed by atoms with E-state index in [2.05, 4.69) is 180 Å². The van der Waals surface area contributed by atoms with Gasteiger partial charge in [0.1, 0.15) is 0 Å². The van der Waals surface area contributed by atoms with Crippen molar-refractivity contribution in [3.8, 4) is 40.4 Å². The number of thiophene rings is 3. The van der Waals surface area contributed by atoms with E-state index in [1.807, 2.05) is 24.3 Å². The Bertz CT molecular complexity index is 2500. The van der Waals surface area contributed by atoms with Crippen LogP contribution in [-0.4, -0.2) is 0 Å². The number of benzene rings is 6. The summed E-state index contributed by atoms with van der Waals surface area (Å²) < 4.78 is 25.4. The first-order valence-corrected chi connectivity index (χ1v) is 22.3. The summed E-state index contributed by atoms with van der Waals surface area (Å²) in [4.78, 5) is 10.5. The molecule has 6 aromatic carbocycles. The predicted molar refractivity (Wildman–Crippen MR) is 246 cm³/mol. The van der Waals surface area contributed by atoms with Gasteiger partial charge in [-0.1, -0.05) is 97.1 Å². The van der Waals surface area contributed by atoms with Crippen molar-refractivity contribution in [1.82, 2.24) is 0 Å². The van der Waals surface area contributed by atoms with E-state index in [0.717, 1.165) is 74.5 Å². The monoisotopic (exact) mass is 826 g/mol. The summed E-state index contributed by atoms with van der Waals surface area (Å²) in [7, 11) is -0.304. The van der Waals surface area contributed by atoms with Crippen molar-refractivity contribution in [3.05, 3.63) is 194 Å². The van der Waals surface area contributed by atoms with E-state index in [4.69, 9.17) is 0 Å². The van der Waals surface area contributed by atoms with E-state index in [1.54, 1.807) is 34.0 Å². The summed E-state index contributed by atoms with van der Waals surface area (Å²) in [5.74, 6) is 0. The van der Waals surface area contributed by atoms with E-state index in [0.29, 0.717) is 10.6 Å². The van der Waals surface area contributed by atoms with Crippen LogP contribution < -0.4 is 20.4 Å². The van der Waals surface area contributed by atoms with Crippen LogP contribution in [0.1, 0.15) is 0 Å². The van der Waals surface area contributed by atoms with Crippen LogP contribution in [0.5, 0.6) is 0 Å². The number of anilines is 6. The molecule has 9 rings (SSSR count). The lowest BCUT2D eigenvalue weighted by atomic mass is 10.1. The molecule has 0 unspecified atom stereocenters. The average Bonchev–Trinajstić information content (AvgIpc) is 4.05. The Morgan fingerprint density at radius 2 is 0.579 bits per heavy atom. The molecule has 0 atom stereocenters. The van der Waals surface area contributed by atoms with Crippen molar-refractivity contribution < 1.29 is 9.13 Å². The van der Waals surface area contributed by atoms with Crippen molar-refractivity contribution in [3.63, 3.8) is 0 Å². The van der Waals surface area contributed by atoms with Gasteiger partial charge < -0.3 is 9.80 Å². The van der Waals surface area contributed by atoms with Gasteiger partial charge in [0.05, 0.1) is 20.4 Å². The molecule has 0 fully saturated rings. The van der Waals surface area contributed by atoms with Gasteiger partial charge >= 0.3 is 0 Å². The van der Waals surface area contributed by atoms with Gasteiger partial charge in [0.15, 0.2) is 16.9 Å². The van der Waals surface area contributed by atoms with Crippen LogP contribution in [0.25, 0.3) is 40.4 Å². The van der Waals surface area contributed by atoms with Crippen molar-refractivity contribution in [2.24, 2.45) is 0 Å². The summed E-state index contributed by atoms with van der Waals surface area (Å²) in [5.41, 5.74) is 8.68. The Labute approximate surface area is 347 Å². The molecule has 9 heteroatoms. The van der Waals surface area contributed by atoms with Crippen LogP contribution in [0.15, 0.2) is 194 Å². The molecule has 4 nitrogen and oxygen atoms in total. The zero-order valence-electron chi connectivity index (χ0n) is 30.3. The maximum atomic E-state index is 12.7. The molecule has 0 saturated heterocycles. The zero-order valence-corrected chi connectivity index (χ0v) is 34.5. The van der Waals surface area contributed by atoms with E-state index in [1.165, 1.54) is 0 Å². The third kappa shape index (κ3) is 7.57. The van der Waals surface area contributed by atoms with E-state index in [-0.39, 0.29) is 16.9 Å². The average molecular weight is 827 g/mol. The standard InChI is InChI=1S/C48H32N2O2P2S3/c51-53-45-46(54-52)48(44-32-30-42(56-44)34-23-27-40(28-24-34)50(37-17-9-3-10-18-37)38-19-11-4-12-20-38)57-47(45)43-31-29-41(55-43)33-21-25-39(26-22-33)49(35-13-5-1-6-14-35)36-15-7-2-8-16-36/h1-32H. The van der Waals surface area contributed by atoms with Crippen molar-refractivity contribution >= 4 is 95.7 Å². The molecular formula is C48H32N2O2P2S3. The van der Waals surface area contributed by atoms with Gasteiger partial charge in [-0.3, -0.25) is 9.13 Å². The van der Waals surface area contributed by atoms with Gasteiger partial charge in [0.2, 0.25) is 0 Å². The smallest absolute Gasteiger partial charge is 0.195 e. The van der Waals surface area contributed by atoms with Crippen LogP contribution in [0.3, 0.4) is 0 Å². The molecule has 274 valence electrons. The van der Waals surface area contributed by atoms with Crippen LogP contribution >= 0.6 is 50.9 Å². The predicted octanol–water partition coefficient (Wildman–Crippen LogP) is 15.3. The first-order chi connectivity index (χ1) is 28.2. The third-order valence-corrected chi connectivity index (χ3v) is 15.1. The maximum absolute atomic E-state index is 12.7. The molecule has 3 heterocycles. The van der Waals surface area contributed by atoms with E-state index < -0.39 is 0 Å². The molecule has 0 spiro atoms. The van der Waals surface area contributed by atoms with Crippen LogP contribution in [0, 0.1) is 0 Å². The first kappa shape index (κ1) is 36.8. The molecule has 3 aromatic heterocycles. The van der Waals surface area contributed by atoms with Gasteiger partial charge in [0.25, 0.3) is 0 Å². The lowest BCUT2D eigenvalue weighted by Gasteiger charge is -2.25. The molecule has 0 radical (unpaired) electrons. The highest BCUT2D eigenvalue weighted by molar-refractivity contribution is 7.47. The molecule has 0 amide bonds. The Hall–Kier alpha value is -5.78. The van der Waals surface area contributed by atoms with Gasteiger partial charge in [-0.2, -0.15) is 0 Å². The highest BCUT2D eigenvalue weighted by Gasteiger charge is 2.24. The fraction of sp³-hybridized carbons (Fsp3) is 0. The van der Waals surface area contributed by atoms with Crippen molar-refractivity contribution in [2.75, 3.05) is 9.80 Å². The minimum Gasteiger partial charge on any atom is -0.311 e. The zero-order chi connectivity index (χ0) is 38.6. The van der Waals surface area contributed by atoms with Gasteiger partial charge in [-0.05, 0) is 108 Å². The normalized spacial score (nSPS) is 11.2. The number of hydrogen-bond donors (Lipinski definition) is 0. The lowest BCUT2D eigenvalue weighted by molar-refractivity contribution is 0.601. The molecule has 0 bridgehead atoms. The van der Waals surface area contributed by atoms with Crippen LogP contribution in [0.4, 0.5) is 34.1 Å². The summed E-state index contributed by atoms with van der Waals surface area (Å²) in [6.07, 6.45) is 0. The number of hydrogen-bond acceptors (Lipinski definition) is 7. The minimum absolute atomic E-state index is 0.152. The minimum atomic E-state index is -0.152. The Morgan fingerprint density at radius 3 is 0.877 bits per heavy atom. The molecule has 57 heavy (non-hydrogen) atoms. The number of nitrogens with zero attached hydrogens (tertiary/aromatic N) is 2. The second-order valence-electron chi connectivity index (χ2n) is 13.1. The maximum Gasteiger partial charge on any atom is 0.195 e. The molecule has 9 aromatic rings. The quantitative estimate of drug-likeness (QED) is 0.115. The first-order valence-electron chi connectivity index (χ1n) is 18.2. The summed E-state index contributed by atoms with van der Waals surface area (Å²) in [5, 5.41) is 1.16. The highest BCUT2D eigenvalue weighted by Crippen LogP contribution is 2.45. The van der Waals surface area contributed by atoms with Crippen LogP contribution in [-0.2, 0) is 9.13 Å². The van der Waals surface area contributed by atoms with Crippen molar-refractivity contribution in [2.45, 2.75) is 0 Å². The van der Waals surface area contributed by atoms with Gasteiger partial charge in [0, 0.05) is 53.6 Å². The number of para-hydroxylation sites is 4. The molecule has 0 aliphatic carbocycles. The highest BCUT2D eigenvalue weighted by atomic mass is 32.1. The molecule has 0 N–H and O–H groups in total. The van der Waals surface area contributed by atoms with Gasteiger partial charge in [-0.25, -0.2) is 0 Å². The Balaban J connectivity index is 0.987. The fourth-order valence-electron chi connectivity index (χ4n) is 6.90. The lowest BCUT2D eigenvalue weighted by Crippen LogP contribution is -2.10. The summed E-state index contributed by atoms with van der Waals surface area (Å²) in [6, 6.07) is 67.1. The molecule has 0 saturated carbocycles. The van der Waals surface area contributed by atoms with Gasteiger partial charge in [-0.15, -0.1) is 34.0 Å². The second-order valence-corrected chi connectivity index (χ2v) is 17.5.